The quantitative estimate of drug-likeness (QED) is 0.606. The van der Waals surface area contributed by atoms with E-state index in [1.165, 1.54) is 25.7 Å². The van der Waals surface area contributed by atoms with Crippen molar-refractivity contribution in [2.24, 2.45) is 17.8 Å². The van der Waals surface area contributed by atoms with Gasteiger partial charge in [-0.2, -0.15) is 0 Å². The molecule has 20 heavy (non-hydrogen) atoms. The Balaban J connectivity index is 2.16. The van der Waals surface area contributed by atoms with Gasteiger partial charge in [-0.25, -0.2) is 0 Å². The van der Waals surface area contributed by atoms with E-state index in [9.17, 15) is 4.79 Å². The SMILES string of the molecule is CC1=C2[C@H](/C=C(\C)C(=O)NC(C)C)CC[C@@H](C)[C@H]2CC1. The topological polar surface area (TPSA) is 29.1 Å². The molecule has 0 aromatic carbocycles. The van der Waals surface area contributed by atoms with E-state index in [4.69, 9.17) is 0 Å². The monoisotopic (exact) mass is 275 g/mol. The van der Waals surface area contributed by atoms with Crippen LogP contribution in [-0.4, -0.2) is 11.9 Å². The summed E-state index contributed by atoms with van der Waals surface area (Å²) in [6.45, 7) is 10.6. The van der Waals surface area contributed by atoms with Crippen LogP contribution in [0.1, 0.15) is 60.3 Å². The number of carbonyl (C=O) groups is 1. The third-order valence-electron chi connectivity index (χ3n) is 4.97. The minimum absolute atomic E-state index is 0.0893. The van der Waals surface area contributed by atoms with Gasteiger partial charge < -0.3 is 5.32 Å². The highest BCUT2D eigenvalue weighted by molar-refractivity contribution is 5.93. The fourth-order valence-corrected chi connectivity index (χ4v) is 3.90. The molecule has 2 nitrogen and oxygen atoms in total. The predicted molar refractivity (Wildman–Crippen MR) is 84.3 cm³/mol. The number of amides is 1. The van der Waals surface area contributed by atoms with E-state index in [0.717, 1.165) is 17.4 Å². The average Bonchev–Trinajstić information content (AvgIpc) is 2.75. The second kappa shape index (κ2) is 6.15. The van der Waals surface area contributed by atoms with E-state index in [1.807, 2.05) is 20.8 Å². The lowest BCUT2D eigenvalue weighted by Crippen LogP contribution is -2.31. The Morgan fingerprint density at radius 1 is 1.30 bits per heavy atom. The number of hydrogen-bond donors (Lipinski definition) is 1. The van der Waals surface area contributed by atoms with Crippen molar-refractivity contribution < 1.29 is 4.79 Å². The second-order valence-electron chi connectivity index (χ2n) is 7.02. The fraction of sp³-hybridized carbons (Fsp3) is 0.722. The van der Waals surface area contributed by atoms with E-state index in [1.54, 1.807) is 11.1 Å². The molecule has 0 radical (unpaired) electrons. The lowest BCUT2D eigenvalue weighted by Gasteiger charge is -2.34. The van der Waals surface area contributed by atoms with Gasteiger partial charge in [0.1, 0.15) is 0 Å². The molecule has 0 bridgehead atoms. The molecule has 1 fully saturated rings. The summed E-state index contributed by atoms with van der Waals surface area (Å²) in [4.78, 5) is 12.1. The van der Waals surface area contributed by atoms with Crippen LogP contribution >= 0.6 is 0 Å². The lowest BCUT2D eigenvalue weighted by molar-refractivity contribution is -0.117. The number of allylic oxidation sites excluding steroid dienone is 3. The minimum Gasteiger partial charge on any atom is -0.350 e. The number of carbonyl (C=O) groups excluding carboxylic acids is 1. The summed E-state index contributed by atoms with van der Waals surface area (Å²) in [6, 6.07) is 0.206. The predicted octanol–water partition coefficient (Wildman–Crippen LogP) is 4.23. The molecule has 0 aromatic rings. The number of hydrogen-bond acceptors (Lipinski definition) is 1. The summed E-state index contributed by atoms with van der Waals surface area (Å²) < 4.78 is 0. The van der Waals surface area contributed by atoms with Gasteiger partial charge >= 0.3 is 0 Å². The molecule has 1 amide bonds. The maximum absolute atomic E-state index is 12.1. The molecular weight excluding hydrogens is 246 g/mol. The lowest BCUT2D eigenvalue weighted by atomic mass is 9.71. The molecule has 0 unspecified atom stereocenters. The van der Waals surface area contributed by atoms with Crippen molar-refractivity contribution in [2.45, 2.75) is 66.3 Å². The van der Waals surface area contributed by atoms with Crippen LogP contribution in [-0.2, 0) is 4.79 Å². The molecule has 0 aliphatic heterocycles. The molecule has 0 spiro atoms. The molecule has 2 heteroatoms. The first kappa shape index (κ1) is 15.3. The molecule has 0 aromatic heterocycles. The maximum Gasteiger partial charge on any atom is 0.246 e. The molecule has 0 heterocycles. The average molecular weight is 275 g/mol. The number of nitrogens with one attached hydrogen (secondary N) is 1. The van der Waals surface area contributed by atoms with Crippen molar-refractivity contribution >= 4 is 5.91 Å². The van der Waals surface area contributed by atoms with Crippen molar-refractivity contribution in [3.8, 4) is 0 Å². The molecule has 2 aliphatic rings. The van der Waals surface area contributed by atoms with Crippen LogP contribution in [0.2, 0.25) is 0 Å². The molecule has 1 N–H and O–H groups in total. The van der Waals surface area contributed by atoms with Crippen LogP contribution in [0.25, 0.3) is 0 Å². The summed E-state index contributed by atoms with van der Waals surface area (Å²) in [5.74, 6) is 2.17. The molecule has 0 saturated heterocycles. The molecule has 2 aliphatic carbocycles. The second-order valence-corrected chi connectivity index (χ2v) is 7.02. The minimum atomic E-state index is 0.0893. The number of rotatable bonds is 3. The first-order valence-corrected chi connectivity index (χ1v) is 8.09. The Kier molecular flexibility index (Phi) is 4.72. The van der Waals surface area contributed by atoms with Crippen molar-refractivity contribution in [2.75, 3.05) is 0 Å². The molecule has 2 rings (SSSR count). The van der Waals surface area contributed by atoms with Crippen molar-refractivity contribution in [3.63, 3.8) is 0 Å². The fourth-order valence-electron chi connectivity index (χ4n) is 3.90. The Morgan fingerprint density at radius 3 is 2.65 bits per heavy atom. The van der Waals surface area contributed by atoms with Crippen molar-refractivity contribution in [1.82, 2.24) is 5.32 Å². The van der Waals surface area contributed by atoms with Gasteiger partial charge in [-0.1, -0.05) is 24.1 Å². The summed E-state index contributed by atoms with van der Waals surface area (Å²) in [6.07, 6.45) is 7.30. The van der Waals surface area contributed by atoms with Gasteiger partial charge in [0.05, 0.1) is 0 Å². The highest BCUT2D eigenvalue weighted by Gasteiger charge is 2.36. The van der Waals surface area contributed by atoms with Crippen LogP contribution in [0.15, 0.2) is 22.8 Å². The maximum atomic E-state index is 12.1. The Bertz CT molecular complexity index is 444. The van der Waals surface area contributed by atoms with Gasteiger partial charge in [-0.05, 0) is 71.1 Å². The molecule has 1 saturated carbocycles. The highest BCUT2D eigenvalue weighted by Crippen LogP contribution is 2.48. The number of fused-ring (bicyclic) bond motifs is 1. The molecule has 3 atom stereocenters. The van der Waals surface area contributed by atoms with Crippen molar-refractivity contribution in [1.29, 1.82) is 0 Å². The zero-order valence-corrected chi connectivity index (χ0v) is 13.6. The van der Waals surface area contributed by atoms with Crippen LogP contribution < -0.4 is 5.32 Å². The van der Waals surface area contributed by atoms with Gasteiger partial charge in [-0.3, -0.25) is 4.79 Å². The smallest absolute Gasteiger partial charge is 0.246 e. The van der Waals surface area contributed by atoms with Gasteiger partial charge in [0.25, 0.3) is 0 Å². The normalized spacial score (nSPS) is 30.7. The highest BCUT2D eigenvalue weighted by atomic mass is 16.1. The van der Waals surface area contributed by atoms with Crippen LogP contribution in [0.5, 0.6) is 0 Å². The van der Waals surface area contributed by atoms with E-state index in [-0.39, 0.29) is 11.9 Å². The van der Waals surface area contributed by atoms with E-state index in [2.05, 4.69) is 25.2 Å². The first-order valence-electron chi connectivity index (χ1n) is 8.09. The Labute approximate surface area is 123 Å². The van der Waals surface area contributed by atoms with Gasteiger partial charge in [0, 0.05) is 11.6 Å². The standard InChI is InChI=1S/C18H29NO/c1-11(2)19-18(20)14(5)10-15-8-6-12(3)16-9-7-13(4)17(15)16/h10-12,15-16H,6-9H2,1-5H3,(H,19,20)/b14-10+/t12-,15+,16-/m1/s1. The Morgan fingerprint density at radius 2 is 2.00 bits per heavy atom. The van der Waals surface area contributed by atoms with Crippen LogP contribution in [0, 0.1) is 17.8 Å². The molecule has 112 valence electrons. The van der Waals surface area contributed by atoms with E-state index in [0.29, 0.717) is 5.92 Å². The zero-order chi connectivity index (χ0) is 14.9. The van der Waals surface area contributed by atoms with Crippen LogP contribution in [0.4, 0.5) is 0 Å². The summed E-state index contributed by atoms with van der Waals surface area (Å²) in [5.41, 5.74) is 4.12. The molecular formula is C18H29NO. The van der Waals surface area contributed by atoms with E-state index >= 15 is 0 Å². The first-order chi connectivity index (χ1) is 9.40. The van der Waals surface area contributed by atoms with E-state index < -0.39 is 0 Å². The van der Waals surface area contributed by atoms with Crippen LogP contribution in [0.3, 0.4) is 0 Å². The van der Waals surface area contributed by atoms with Gasteiger partial charge in [0.15, 0.2) is 0 Å². The largest absolute Gasteiger partial charge is 0.350 e. The van der Waals surface area contributed by atoms with Gasteiger partial charge in [0.2, 0.25) is 5.91 Å². The van der Waals surface area contributed by atoms with Gasteiger partial charge in [-0.15, -0.1) is 0 Å². The van der Waals surface area contributed by atoms with Crippen molar-refractivity contribution in [3.05, 3.63) is 22.8 Å². The Hall–Kier alpha value is -1.05. The summed E-state index contributed by atoms with van der Waals surface area (Å²) in [5, 5.41) is 2.99. The zero-order valence-electron chi connectivity index (χ0n) is 13.6. The third kappa shape index (κ3) is 3.16. The summed E-state index contributed by atoms with van der Waals surface area (Å²) in [7, 11) is 0. The third-order valence-corrected chi connectivity index (χ3v) is 4.97. The summed E-state index contributed by atoms with van der Waals surface area (Å²) >= 11 is 0.